The molecule has 0 saturated heterocycles. The van der Waals surface area contributed by atoms with Crippen LogP contribution in [0.4, 0.5) is 11.4 Å². The standard InChI is InChI=1S/C13H19N3O3S/c1-20(18,19)16-11-6-3-2-5-10(11)15-12(17)9-13(14)7-4-8-13/h2-3,5-6,16H,4,7-9,14H2,1H3,(H,15,17). The van der Waals surface area contributed by atoms with Gasteiger partial charge in [0.1, 0.15) is 0 Å². The predicted molar refractivity (Wildman–Crippen MR) is 78.9 cm³/mol. The van der Waals surface area contributed by atoms with Crippen LogP contribution in [0.1, 0.15) is 25.7 Å². The van der Waals surface area contributed by atoms with Gasteiger partial charge in [0, 0.05) is 12.0 Å². The molecule has 0 bridgehead atoms. The smallest absolute Gasteiger partial charge is 0.229 e. The first-order valence-corrected chi connectivity index (χ1v) is 8.32. The Morgan fingerprint density at radius 3 is 2.40 bits per heavy atom. The van der Waals surface area contributed by atoms with Crippen molar-refractivity contribution in [3.8, 4) is 0 Å². The Balaban J connectivity index is 2.07. The predicted octanol–water partition coefficient (Wildman–Crippen LogP) is 1.27. The molecule has 1 saturated carbocycles. The van der Waals surface area contributed by atoms with Gasteiger partial charge in [-0.15, -0.1) is 0 Å². The average Bonchev–Trinajstić information content (AvgIpc) is 2.27. The van der Waals surface area contributed by atoms with E-state index < -0.39 is 15.6 Å². The minimum Gasteiger partial charge on any atom is -0.325 e. The number of anilines is 2. The highest BCUT2D eigenvalue weighted by Crippen LogP contribution is 2.32. The molecule has 7 heteroatoms. The van der Waals surface area contributed by atoms with E-state index >= 15 is 0 Å². The Bertz CT molecular complexity index is 609. The maximum absolute atomic E-state index is 12.0. The summed E-state index contributed by atoms with van der Waals surface area (Å²) >= 11 is 0. The summed E-state index contributed by atoms with van der Waals surface area (Å²) in [7, 11) is -3.39. The second-order valence-corrected chi connectivity index (χ2v) is 7.11. The number of benzene rings is 1. The van der Waals surface area contributed by atoms with Crippen molar-refractivity contribution in [2.45, 2.75) is 31.2 Å². The van der Waals surface area contributed by atoms with Crippen molar-refractivity contribution in [3.63, 3.8) is 0 Å². The lowest BCUT2D eigenvalue weighted by Crippen LogP contribution is -2.48. The molecule has 20 heavy (non-hydrogen) atoms. The third-order valence-electron chi connectivity index (χ3n) is 3.36. The second-order valence-electron chi connectivity index (χ2n) is 5.36. The molecule has 6 nitrogen and oxygen atoms in total. The van der Waals surface area contributed by atoms with E-state index in [2.05, 4.69) is 10.0 Å². The van der Waals surface area contributed by atoms with E-state index in [0.717, 1.165) is 25.5 Å². The average molecular weight is 297 g/mol. The van der Waals surface area contributed by atoms with Gasteiger partial charge in [-0.1, -0.05) is 12.1 Å². The highest BCUT2D eigenvalue weighted by molar-refractivity contribution is 7.92. The number of amides is 1. The van der Waals surface area contributed by atoms with Crippen LogP contribution >= 0.6 is 0 Å². The van der Waals surface area contributed by atoms with Crippen molar-refractivity contribution in [3.05, 3.63) is 24.3 Å². The van der Waals surface area contributed by atoms with Crippen molar-refractivity contribution >= 4 is 27.3 Å². The number of rotatable bonds is 5. The van der Waals surface area contributed by atoms with Crippen LogP contribution in [0.5, 0.6) is 0 Å². The lowest BCUT2D eigenvalue weighted by Gasteiger charge is -2.37. The summed E-state index contributed by atoms with van der Waals surface area (Å²) in [6.45, 7) is 0. The molecular weight excluding hydrogens is 278 g/mol. The molecule has 1 fully saturated rings. The topological polar surface area (TPSA) is 101 Å². The van der Waals surface area contributed by atoms with E-state index in [1.165, 1.54) is 0 Å². The normalized spacial score (nSPS) is 17.1. The molecule has 1 aliphatic carbocycles. The number of sulfonamides is 1. The third kappa shape index (κ3) is 3.94. The van der Waals surface area contributed by atoms with Crippen LogP contribution in [-0.4, -0.2) is 26.1 Å². The number of hydrogen-bond donors (Lipinski definition) is 3. The van der Waals surface area contributed by atoms with E-state index in [1.54, 1.807) is 24.3 Å². The first-order chi connectivity index (χ1) is 9.27. The quantitative estimate of drug-likeness (QED) is 0.761. The molecule has 1 aliphatic rings. The third-order valence-corrected chi connectivity index (χ3v) is 3.95. The van der Waals surface area contributed by atoms with Gasteiger partial charge in [0.15, 0.2) is 0 Å². The molecule has 0 radical (unpaired) electrons. The maximum atomic E-state index is 12.0. The van der Waals surface area contributed by atoms with Gasteiger partial charge in [-0.05, 0) is 31.4 Å². The zero-order valence-electron chi connectivity index (χ0n) is 11.3. The summed E-state index contributed by atoms with van der Waals surface area (Å²) in [6.07, 6.45) is 4.07. The first-order valence-electron chi connectivity index (χ1n) is 6.43. The van der Waals surface area contributed by atoms with Gasteiger partial charge in [-0.2, -0.15) is 0 Å². The van der Waals surface area contributed by atoms with Crippen molar-refractivity contribution in [2.75, 3.05) is 16.3 Å². The van der Waals surface area contributed by atoms with Crippen LogP contribution in [0, 0.1) is 0 Å². The number of carbonyl (C=O) groups excluding carboxylic acids is 1. The van der Waals surface area contributed by atoms with Gasteiger partial charge in [0.25, 0.3) is 0 Å². The van der Waals surface area contributed by atoms with E-state index in [-0.39, 0.29) is 12.3 Å². The SMILES string of the molecule is CS(=O)(=O)Nc1ccccc1NC(=O)CC1(N)CCC1. The summed E-state index contributed by atoms with van der Waals surface area (Å²) in [4.78, 5) is 12.0. The fraction of sp³-hybridized carbons (Fsp3) is 0.462. The van der Waals surface area contributed by atoms with Gasteiger partial charge >= 0.3 is 0 Å². The fourth-order valence-electron chi connectivity index (χ4n) is 2.20. The van der Waals surface area contributed by atoms with E-state index in [9.17, 15) is 13.2 Å². The van der Waals surface area contributed by atoms with Crippen LogP contribution in [0.3, 0.4) is 0 Å². The summed E-state index contributed by atoms with van der Waals surface area (Å²) in [5.41, 5.74) is 6.41. The Kier molecular flexibility index (Phi) is 4.01. The molecule has 4 N–H and O–H groups in total. The monoisotopic (exact) mass is 297 g/mol. The zero-order valence-corrected chi connectivity index (χ0v) is 12.2. The summed E-state index contributed by atoms with van der Waals surface area (Å²) in [5.74, 6) is -0.199. The van der Waals surface area contributed by atoms with Crippen molar-refractivity contribution in [2.24, 2.45) is 5.73 Å². The Hall–Kier alpha value is -1.60. The Morgan fingerprint density at radius 1 is 1.30 bits per heavy atom. The van der Waals surface area contributed by atoms with E-state index in [4.69, 9.17) is 5.73 Å². The van der Waals surface area contributed by atoms with Crippen LogP contribution in [-0.2, 0) is 14.8 Å². The number of nitrogens with one attached hydrogen (secondary N) is 2. The Labute approximate surface area is 118 Å². The molecule has 0 spiro atoms. The minimum absolute atomic E-state index is 0.199. The highest BCUT2D eigenvalue weighted by atomic mass is 32.2. The molecule has 1 aromatic carbocycles. The largest absolute Gasteiger partial charge is 0.325 e. The number of hydrogen-bond acceptors (Lipinski definition) is 4. The molecule has 0 aliphatic heterocycles. The van der Waals surface area contributed by atoms with Crippen LogP contribution in [0.2, 0.25) is 0 Å². The maximum Gasteiger partial charge on any atom is 0.229 e. The molecule has 0 aromatic heterocycles. The van der Waals surface area contributed by atoms with Crippen LogP contribution in [0.25, 0.3) is 0 Å². The van der Waals surface area contributed by atoms with Crippen LogP contribution in [0.15, 0.2) is 24.3 Å². The molecule has 0 atom stereocenters. The number of carbonyl (C=O) groups is 1. The minimum atomic E-state index is -3.39. The van der Waals surface area contributed by atoms with E-state index in [1.807, 2.05) is 0 Å². The molecular formula is C13H19N3O3S. The van der Waals surface area contributed by atoms with E-state index in [0.29, 0.717) is 11.4 Å². The summed E-state index contributed by atoms with van der Waals surface area (Å²) in [6, 6.07) is 6.66. The highest BCUT2D eigenvalue weighted by Gasteiger charge is 2.34. The molecule has 2 rings (SSSR count). The summed E-state index contributed by atoms with van der Waals surface area (Å²) < 4.78 is 24.9. The van der Waals surface area contributed by atoms with Crippen molar-refractivity contribution in [1.29, 1.82) is 0 Å². The second kappa shape index (κ2) is 5.41. The fourth-order valence-corrected chi connectivity index (χ4v) is 2.78. The van der Waals surface area contributed by atoms with Gasteiger partial charge in [0.05, 0.1) is 17.6 Å². The molecule has 0 heterocycles. The number of nitrogens with two attached hydrogens (primary N) is 1. The van der Waals surface area contributed by atoms with Crippen LogP contribution < -0.4 is 15.8 Å². The molecule has 1 aromatic rings. The van der Waals surface area contributed by atoms with Gasteiger partial charge in [-0.3, -0.25) is 9.52 Å². The van der Waals surface area contributed by atoms with Gasteiger partial charge < -0.3 is 11.1 Å². The van der Waals surface area contributed by atoms with Crippen molar-refractivity contribution in [1.82, 2.24) is 0 Å². The van der Waals surface area contributed by atoms with Crippen molar-refractivity contribution < 1.29 is 13.2 Å². The van der Waals surface area contributed by atoms with Gasteiger partial charge in [0.2, 0.25) is 15.9 Å². The lowest BCUT2D eigenvalue weighted by atomic mass is 9.75. The zero-order chi connectivity index (χ0) is 14.8. The van der Waals surface area contributed by atoms with Gasteiger partial charge in [-0.25, -0.2) is 8.42 Å². The first kappa shape index (κ1) is 14.8. The molecule has 0 unspecified atom stereocenters. The Morgan fingerprint density at radius 2 is 1.90 bits per heavy atom. The number of para-hydroxylation sites is 2. The molecule has 110 valence electrons. The molecule has 1 amide bonds. The lowest BCUT2D eigenvalue weighted by molar-refractivity contribution is -0.118. The summed E-state index contributed by atoms with van der Waals surface area (Å²) in [5, 5.41) is 2.71.